The van der Waals surface area contributed by atoms with Gasteiger partial charge in [-0.1, -0.05) is 0 Å². The van der Waals surface area contributed by atoms with Crippen molar-refractivity contribution in [1.82, 2.24) is 14.9 Å². The van der Waals surface area contributed by atoms with Crippen molar-refractivity contribution in [1.29, 1.82) is 0 Å². The van der Waals surface area contributed by atoms with E-state index in [9.17, 15) is 9.59 Å². The average Bonchev–Trinajstić information content (AvgIpc) is 2.47. The number of hydrogen-bond donors (Lipinski definition) is 0. The van der Waals surface area contributed by atoms with Crippen LogP contribution < -0.4 is 0 Å². The fourth-order valence-electron chi connectivity index (χ4n) is 1.19. The van der Waals surface area contributed by atoms with E-state index in [4.69, 9.17) is 4.84 Å². The Hall–Kier alpha value is -1.72. The van der Waals surface area contributed by atoms with E-state index >= 15 is 0 Å². The molecule has 0 spiro atoms. The zero-order valence-corrected chi connectivity index (χ0v) is 10.1. The van der Waals surface area contributed by atoms with Crippen molar-refractivity contribution in [2.45, 2.75) is 12.8 Å². The fourth-order valence-corrected chi connectivity index (χ4v) is 1.19. The van der Waals surface area contributed by atoms with Gasteiger partial charge in [0.05, 0.1) is 6.20 Å². The molecule has 0 atom stereocenters. The summed E-state index contributed by atoms with van der Waals surface area (Å²) in [5, 5.41) is 0.829. The van der Waals surface area contributed by atoms with Gasteiger partial charge in [-0.25, -0.2) is 0 Å². The van der Waals surface area contributed by atoms with E-state index in [2.05, 4.69) is 0 Å². The van der Waals surface area contributed by atoms with E-state index in [1.165, 1.54) is 0 Å². The van der Waals surface area contributed by atoms with Crippen LogP contribution in [0.4, 0.5) is 0 Å². The Morgan fingerprint density at radius 2 is 1.69 bits per heavy atom. The molecule has 0 bridgehead atoms. The van der Waals surface area contributed by atoms with Gasteiger partial charge in [0.2, 0.25) is 5.88 Å². The molecule has 0 unspecified atom stereocenters. The minimum Gasteiger partial charge on any atom is -0.379 e. The Morgan fingerprint density at radius 1 is 1.19 bits per heavy atom. The predicted molar refractivity (Wildman–Crippen MR) is 57.6 cm³/mol. The molecule has 90 valence electrons. The minimum absolute atomic E-state index is 0.224. The third-order valence-corrected chi connectivity index (χ3v) is 2.00. The molecule has 1 saturated heterocycles. The lowest BCUT2D eigenvalue weighted by molar-refractivity contribution is -0.181. The molecule has 0 radical (unpaired) electrons. The maximum atomic E-state index is 11.3. The van der Waals surface area contributed by atoms with Crippen molar-refractivity contribution in [3.63, 3.8) is 0 Å². The zero-order valence-electron chi connectivity index (χ0n) is 10.1. The van der Waals surface area contributed by atoms with Crippen LogP contribution in [0.1, 0.15) is 12.8 Å². The number of rotatable bonds is 4. The molecular weight excluding hydrogens is 210 g/mol. The second-order valence-corrected chi connectivity index (χ2v) is 4.00. The lowest BCUT2D eigenvalue weighted by atomic mass is 10.4. The second-order valence-electron chi connectivity index (χ2n) is 4.00. The number of imide groups is 1. The van der Waals surface area contributed by atoms with Gasteiger partial charge in [0.25, 0.3) is 11.8 Å². The third kappa shape index (κ3) is 2.88. The highest BCUT2D eigenvalue weighted by Crippen LogP contribution is 2.16. The quantitative estimate of drug-likeness (QED) is 0.499. The van der Waals surface area contributed by atoms with Crippen LogP contribution in [0.15, 0.2) is 12.1 Å². The molecule has 0 saturated carbocycles. The molecule has 0 aliphatic carbocycles. The number of amides is 2. The summed E-state index contributed by atoms with van der Waals surface area (Å²) in [5.74, 6) is -0.151. The van der Waals surface area contributed by atoms with Crippen LogP contribution in [-0.2, 0) is 14.4 Å². The molecular formula is C10H17N3O3. The largest absolute Gasteiger partial charge is 0.379 e. The summed E-state index contributed by atoms with van der Waals surface area (Å²) in [6.45, 7) is 0. The molecule has 2 amide bonds. The molecule has 1 fully saturated rings. The topological polar surface area (TPSA) is 53.1 Å². The third-order valence-electron chi connectivity index (χ3n) is 2.00. The van der Waals surface area contributed by atoms with Crippen LogP contribution in [-0.4, -0.2) is 54.9 Å². The summed E-state index contributed by atoms with van der Waals surface area (Å²) in [4.78, 5) is 31.5. The number of carbonyl (C=O) groups is 2. The Morgan fingerprint density at radius 3 is 2.06 bits per heavy atom. The number of carbonyl (C=O) groups excluding carboxylic acids is 2. The summed E-state index contributed by atoms with van der Waals surface area (Å²) < 4.78 is 0. The highest BCUT2D eigenvalue weighted by molar-refractivity contribution is 6.00. The van der Waals surface area contributed by atoms with Crippen LogP contribution in [0.2, 0.25) is 0 Å². The van der Waals surface area contributed by atoms with Gasteiger partial charge in [0, 0.05) is 41.0 Å². The molecule has 0 aromatic rings. The van der Waals surface area contributed by atoms with E-state index < -0.39 is 0 Å². The van der Waals surface area contributed by atoms with Crippen molar-refractivity contribution in [2.75, 3.05) is 28.2 Å². The highest BCUT2D eigenvalue weighted by Gasteiger charge is 2.32. The van der Waals surface area contributed by atoms with Gasteiger partial charge in [-0.05, 0) is 0 Å². The molecule has 1 heterocycles. The van der Waals surface area contributed by atoms with Crippen molar-refractivity contribution >= 4 is 11.8 Å². The van der Waals surface area contributed by atoms with Crippen molar-refractivity contribution in [3.05, 3.63) is 12.1 Å². The summed E-state index contributed by atoms with van der Waals surface area (Å²) in [6.07, 6.45) is 2.14. The van der Waals surface area contributed by atoms with Gasteiger partial charge >= 0.3 is 0 Å². The van der Waals surface area contributed by atoms with Crippen LogP contribution in [0.25, 0.3) is 0 Å². The summed E-state index contributed by atoms with van der Waals surface area (Å²) >= 11 is 0. The SMILES string of the molecule is CN(C)C=C(ON1C(=O)CCC1=O)N(C)C. The smallest absolute Gasteiger partial charge is 0.264 e. The molecule has 6 heteroatoms. The fraction of sp³-hybridized carbons (Fsp3) is 0.600. The molecule has 6 nitrogen and oxygen atoms in total. The Bertz CT molecular complexity index is 307. The second kappa shape index (κ2) is 4.87. The van der Waals surface area contributed by atoms with Gasteiger partial charge in [-0.15, -0.1) is 5.06 Å². The Kier molecular flexibility index (Phi) is 3.76. The van der Waals surface area contributed by atoms with E-state index in [1.54, 1.807) is 30.1 Å². The Labute approximate surface area is 95.0 Å². The first kappa shape index (κ1) is 12.4. The van der Waals surface area contributed by atoms with Crippen LogP contribution in [0, 0.1) is 0 Å². The maximum Gasteiger partial charge on any atom is 0.264 e. The van der Waals surface area contributed by atoms with Crippen LogP contribution in [0.5, 0.6) is 0 Å². The molecule has 16 heavy (non-hydrogen) atoms. The molecule has 0 aromatic heterocycles. The first-order valence-corrected chi connectivity index (χ1v) is 5.01. The highest BCUT2D eigenvalue weighted by atomic mass is 16.7. The normalized spacial score (nSPS) is 16.8. The number of hydrogen-bond acceptors (Lipinski definition) is 5. The lowest BCUT2D eigenvalue weighted by Gasteiger charge is -2.23. The molecule has 1 aliphatic heterocycles. The van der Waals surface area contributed by atoms with E-state index in [0.717, 1.165) is 5.06 Å². The van der Waals surface area contributed by atoms with E-state index in [1.807, 2.05) is 14.1 Å². The van der Waals surface area contributed by atoms with Gasteiger partial charge in [0.15, 0.2) is 0 Å². The number of hydroxylamine groups is 2. The maximum absolute atomic E-state index is 11.3. The monoisotopic (exact) mass is 227 g/mol. The lowest BCUT2D eigenvalue weighted by Crippen LogP contribution is -2.32. The summed E-state index contributed by atoms with van der Waals surface area (Å²) in [7, 11) is 7.22. The summed E-state index contributed by atoms with van der Waals surface area (Å²) in [6, 6.07) is 0. The van der Waals surface area contributed by atoms with Gasteiger partial charge < -0.3 is 14.6 Å². The van der Waals surface area contributed by atoms with Crippen molar-refractivity contribution in [3.8, 4) is 0 Å². The van der Waals surface area contributed by atoms with E-state index in [-0.39, 0.29) is 24.7 Å². The first-order chi connectivity index (χ1) is 7.41. The van der Waals surface area contributed by atoms with Gasteiger partial charge in [-0.3, -0.25) is 9.59 Å². The molecule has 1 aliphatic rings. The molecule has 0 aromatic carbocycles. The van der Waals surface area contributed by atoms with Crippen LogP contribution >= 0.6 is 0 Å². The molecule has 1 rings (SSSR count). The first-order valence-electron chi connectivity index (χ1n) is 5.01. The van der Waals surface area contributed by atoms with Crippen LogP contribution in [0.3, 0.4) is 0 Å². The predicted octanol–water partition coefficient (Wildman–Crippen LogP) is -0.0109. The average molecular weight is 227 g/mol. The van der Waals surface area contributed by atoms with Gasteiger partial charge in [0.1, 0.15) is 0 Å². The van der Waals surface area contributed by atoms with Crippen molar-refractivity contribution < 1.29 is 14.4 Å². The van der Waals surface area contributed by atoms with Gasteiger partial charge in [-0.2, -0.15) is 0 Å². The number of nitrogens with zero attached hydrogens (tertiary/aromatic N) is 3. The standard InChI is InChI=1S/C10H17N3O3/c1-11(2)7-10(12(3)4)16-13-8(14)5-6-9(13)15/h7H,5-6H2,1-4H3. The molecule has 0 N–H and O–H groups in total. The van der Waals surface area contributed by atoms with E-state index in [0.29, 0.717) is 5.88 Å². The van der Waals surface area contributed by atoms with Crippen molar-refractivity contribution in [2.24, 2.45) is 0 Å². The summed E-state index contributed by atoms with van der Waals surface area (Å²) in [5.41, 5.74) is 0. The Balaban J connectivity index is 2.76. The minimum atomic E-state index is -0.295. The zero-order chi connectivity index (χ0) is 12.3.